The Balaban J connectivity index is 1.13. The Kier molecular flexibility index (Phi) is 8.87. The molecule has 3 N–H and O–H groups in total. The molecular formula is C34H34N10. The van der Waals surface area contributed by atoms with Gasteiger partial charge in [0.15, 0.2) is 0 Å². The van der Waals surface area contributed by atoms with Crippen LogP contribution in [0.4, 0.5) is 52.0 Å². The number of hydrogen-bond acceptors (Lipinski definition) is 10. The van der Waals surface area contributed by atoms with E-state index in [-0.39, 0.29) is 0 Å². The molecule has 4 aromatic carbocycles. The number of aromatic nitrogens is 3. The first-order chi connectivity index (χ1) is 21.6. The highest BCUT2D eigenvalue weighted by Gasteiger charge is 2.11. The van der Waals surface area contributed by atoms with Crippen LogP contribution >= 0.6 is 0 Å². The molecule has 0 fully saturated rings. The third-order valence-electron chi connectivity index (χ3n) is 7.20. The van der Waals surface area contributed by atoms with Crippen molar-refractivity contribution in [2.45, 2.75) is 39.5 Å². The Morgan fingerprint density at radius 1 is 0.591 bits per heavy atom. The van der Waals surface area contributed by atoms with E-state index in [1.165, 1.54) is 24.0 Å². The van der Waals surface area contributed by atoms with Crippen molar-refractivity contribution < 1.29 is 0 Å². The maximum absolute atomic E-state index is 4.61. The Morgan fingerprint density at radius 2 is 1.18 bits per heavy atom. The van der Waals surface area contributed by atoms with Gasteiger partial charge in [0.1, 0.15) is 0 Å². The molecule has 6 rings (SSSR count). The second-order valence-corrected chi connectivity index (χ2v) is 10.5. The smallest absolute Gasteiger partial charge is 0.233 e. The zero-order valence-electron chi connectivity index (χ0n) is 24.8. The lowest BCUT2D eigenvalue weighted by Gasteiger charge is -2.15. The summed E-state index contributed by atoms with van der Waals surface area (Å²) in [6.07, 6.45) is 4.79. The fraction of sp³-hybridized carbons (Fsp3) is 0.206. The van der Waals surface area contributed by atoms with E-state index in [2.05, 4.69) is 63.5 Å². The normalized spacial score (nSPS) is 12.8. The second kappa shape index (κ2) is 13.6. The van der Waals surface area contributed by atoms with E-state index in [4.69, 9.17) is 0 Å². The van der Waals surface area contributed by atoms with Gasteiger partial charge in [0, 0.05) is 17.9 Å². The average Bonchev–Trinajstić information content (AvgIpc) is 3.05. The summed E-state index contributed by atoms with van der Waals surface area (Å²) in [5, 5.41) is 27.3. The molecule has 0 saturated carbocycles. The van der Waals surface area contributed by atoms with Crippen molar-refractivity contribution in [2.75, 3.05) is 22.5 Å². The molecule has 10 nitrogen and oxygen atoms in total. The predicted octanol–water partition coefficient (Wildman–Crippen LogP) is 9.81. The van der Waals surface area contributed by atoms with Gasteiger partial charge in [0.2, 0.25) is 17.8 Å². The largest absolute Gasteiger partial charge is 0.354 e. The minimum atomic E-state index is 0.410. The Morgan fingerprint density at radius 3 is 1.91 bits per heavy atom. The first kappa shape index (κ1) is 28.6. The van der Waals surface area contributed by atoms with Crippen molar-refractivity contribution >= 4 is 52.0 Å². The van der Waals surface area contributed by atoms with E-state index in [0.29, 0.717) is 24.4 Å². The lowest BCUT2D eigenvalue weighted by Crippen LogP contribution is -2.09. The molecule has 44 heavy (non-hydrogen) atoms. The third kappa shape index (κ3) is 7.46. The Hall–Kier alpha value is -5.51. The van der Waals surface area contributed by atoms with E-state index < -0.39 is 0 Å². The first-order valence-electron chi connectivity index (χ1n) is 14.9. The molecule has 0 bridgehead atoms. The number of hydrogen-bond donors (Lipinski definition) is 3. The van der Waals surface area contributed by atoms with Crippen LogP contribution in [0.1, 0.15) is 36.5 Å². The summed E-state index contributed by atoms with van der Waals surface area (Å²) in [4.78, 5) is 13.7. The maximum Gasteiger partial charge on any atom is 0.233 e. The molecule has 5 aromatic rings. The standard InChI is InChI=1S/C34H34N10/c1-3-35-32-38-33(36-26-15-17-28(18-16-26)42-44-30-14-13-24-9-7-8-10-25(24)22-30)40-34(39-32)37-31-20-19-29(21-23(31)2)43-41-27-11-5-4-6-12-27/h4-6,11-22H,3,7-10H2,1-2H3,(H3,35,36,37,38,39,40). The van der Waals surface area contributed by atoms with Gasteiger partial charge in [-0.2, -0.15) is 35.4 Å². The summed E-state index contributed by atoms with van der Waals surface area (Å²) >= 11 is 0. The van der Waals surface area contributed by atoms with Crippen LogP contribution in [-0.4, -0.2) is 21.5 Å². The number of aryl methyl sites for hydroxylation is 3. The lowest BCUT2D eigenvalue weighted by molar-refractivity contribution is 0.685. The van der Waals surface area contributed by atoms with Gasteiger partial charge >= 0.3 is 0 Å². The fourth-order valence-electron chi connectivity index (χ4n) is 4.94. The van der Waals surface area contributed by atoms with E-state index in [9.17, 15) is 0 Å². The van der Waals surface area contributed by atoms with Crippen LogP contribution in [0.15, 0.2) is 111 Å². The number of anilines is 5. The van der Waals surface area contributed by atoms with Crippen LogP contribution < -0.4 is 16.0 Å². The summed E-state index contributed by atoms with van der Waals surface area (Å²) in [6.45, 7) is 4.67. The molecular weight excluding hydrogens is 548 g/mol. The van der Waals surface area contributed by atoms with Crippen LogP contribution in [0, 0.1) is 6.92 Å². The monoisotopic (exact) mass is 582 g/mol. The lowest BCUT2D eigenvalue weighted by atomic mass is 9.91. The molecule has 10 heteroatoms. The third-order valence-corrected chi connectivity index (χ3v) is 7.20. The molecule has 0 unspecified atom stereocenters. The molecule has 0 amide bonds. The number of azo groups is 2. The van der Waals surface area contributed by atoms with Gasteiger partial charge < -0.3 is 16.0 Å². The molecule has 0 atom stereocenters. The number of nitrogens with zero attached hydrogens (tertiary/aromatic N) is 7. The molecule has 1 aliphatic carbocycles. The predicted molar refractivity (Wildman–Crippen MR) is 176 cm³/mol. The zero-order valence-corrected chi connectivity index (χ0v) is 24.8. The number of benzene rings is 4. The van der Waals surface area contributed by atoms with Gasteiger partial charge in [-0.25, -0.2) is 0 Å². The van der Waals surface area contributed by atoms with Crippen LogP contribution in [0.25, 0.3) is 0 Å². The van der Waals surface area contributed by atoms with Gasteiger partial charge in [-0.3, -0.25) is 0 Å². The molecule has 0 saturated heterocycles. The number of rotatable bonds is 10. The minimum absolute atomic E-state index is 0.410. The van der Waals surface area contributed by atoms with Crippen molar-refractivity contribution in [3.63, 3.8) is 0 Å². The summed E-state index contributed by atoms with van der Waals surface area (Å²) in [7, 11) is 0. The quantitative estimate of drug-likeness (QED) is 0.141. The molecule has 220 valence electrons. The van der Waals surface area contributed by atoms with Crippen molar-refractivity contribution in [1.82, 2.24) is 15.0 Å². The second-order valence-electron chi connectivity index (χ2n) is 10.5. The molecule has 1 aromatic heterocycles. The minimum Gasteiger partial charge on any atom is -0.354 e. The SMILES string of the molecule is CCNc1nc(Nc2ccc(N=Nc3ccc4c(c3)CCCC4)cc2)nc(Nc2ccc(N=Nc3ccccc3)cc2C)n1. The maximum atomic E-state index is 4.61. The van der Waals surface area contributed by atoms with E-state index in [1.54, 1.807) is 0 Å². The van der Waals surface area contributed by atoms with Gasteiger partial charge in [-0.15, -0.1) is 0 Å². The fourth-order valence-corrected chi connectivity index (χ4v) is 4.94. The highest BCUT2D eigenvalue weighted by Crippen LogP contribution is 2.29. The topological polar surface area (TPSA) is 124 Å². The first-order valence-corrected chi connectivity index (χ1v) is 14.9. The summed E-state index contributed by atoms with van der Waals surface area (Å²) < 4.78 is 0. The van der Waals surface area contributed by atoms with Crippen molar-refractivity contribution in [1.29, 1.82) is 0 Å². The van der Waals surface area contributed by atoms with Crippen molar-refractivity contribution in [2.24, 2.45) is 20.5 Å². The van der Waals surface area contributed by atoms with Gasteiger partial charge in [0.05, 0.1) is 22.7 Å². The van der Waals surface area contributed by atoms with Gasteiger partial charge in [-0.05, 0) is 123 Å². The van der Waals surface area contributed by atoms with E-state index in [0.717, 1.165) is 52.5 Å². The highest BCUT2D eigenvalue weighted by molar-refractivity contribution is 5.64. The molecule has 1 heterocycles. The zero-order chi connectivity index (χ0) is 30.1. The number of nitrogens with one attached hydrogen (secondary N) is 3. The van der Waals surface area contributed by atoms with Crippen molar-refractivity contribution in [3.8, 4) is 0 Å². The van der Waals surface area contributed by atoms with Gasteiger partial charge in [0.25, 0.3) is 0 Å². The summed E-state index contributed by atoms with van der Waals surface area (Å²) in [5.41, 5.74) is 8.71. The highest BCUT2D eigenvalue weighted by atomic mass is 15.3. The molecule has 1 aliphatic rings. The molecule has 0 aliphatic heterocycles. The molecule has 0 spiro atoms. The average molecular weight is 583 g/mol. The van der Waals surface area contributed by atoms with E-state index in [1.807, 2.05) is 92.7 Å². The van der Waals surface area contributed by atoms with Gasteiger partial charge in [-0.1, -0.05) is 24.3 Å². The van der Waals surface area contributed by atoms with Crippen LogP contribution in [0.2, 0.25) is 0 Å². The molecule has 0 radical (unpaired) electrons. The summed E-state index contributed by atoms with van der Waals surface area (Å²) in [6, 6.07) is 29.5. The summed E-state index contributed by atoms with van der Waals surface area (Å²) in [5.74, 6) is 1.29. The van der Waals surface area contributed by atoms with Crippen LogP contribution in [-0.2, 0) is 12.8 Å². The van der Waals surface area contributed by atoms with Crippen molar-refractivity contribution in [3.05, 3.63) is 108 Å². The Labute approximate surface area is 256 Å². The Bertz CT molecular complexity index is 1780. The number of fused-ring (bicyclic) bond motifs is 1. The van der Waals surface area contributed by atoms with E-state index >= 15 is 0 Å². The van der Waals surface area contributed by atoms with Crippen LogP contribution in [0.5, 0.6) is 0 Å². The van der Waals surface area contributed by atoms with Crippen LogP contribution in [0.3, 0.4) is 0 Å².